The van der Waals surface area contributed by atoms with Gasteiger partial charge in [0.2, 0.25) is 0 Å². The van der Waals surface area contributed by atoms with Gasteiger partial charge < -0.3 is 15.4 Å². The van der Waals surface area contributed by atoms with Gasteiger partial charge in [-0.05, 0) is 12.1 Å². The predicted molar refractivity (Wildman–Crippen MR) is 62.9 cm³/mol. The average Bonchev–Trinajstić information content (AvgIpc) is 2.37. The summed E-state index contributed by atoms with van der Waals surface area (Å²) in [6, 6.07) is 3.26. The van der Waals surface area contributed by atoms with Crippen molar-refractivity contribution in [1.82, 2.24) is 10.3 Å². The van der Waals surface area contributed by atoms with E-state index in [-0.39, 0.29) is 19.1 Å². The van der Waals surface area contributed by atoms with Crippen LogP contribution in [0, 0.1) is 0 Å². The highest BCUT2D eigenvalue weighted by atomic mass is 19.3. The van der Waals surface area contributed by atoms with Crippen LogP contribution in [0.1, 0.15) is 10.4 Å². The van der Waals surface area contributed by atoms with E-state index in [1.807, 2.05) is 0 Å². The Balaban J connectivity index is 2.36. The molecule has 1 amide bonds. The molecule has 0 aliphatic carbocycles. The highest BCUT2D eigenvalue weighted by molar-refractivity contribution is 5.98. The van der Waals surface area contributed by atoms with Crippen molar-refractivity contribution in [1.29, 1.82) is 0 Å². The summed E-state index contributed by atoms with van der Waals surface area (Å²) in [7, 11) is 1.66. The molecule has 1 aromatic heterocycles. The van der Waals surface area contributed by atoms with Crippen molar-refractivity contribution in [2.24, 2.45) is 0 Å². The van der Waals surface area contributed by atoms with Crippen LogP contribution in [0.3, 0.4) is 0 Å². The van der Waals surface area contributed by atoms with Gasteiger partial charge in [-0.2, -0.15) is 0 Å². The molecule has 0 fully saturated rings. The van der Waals surface area contributed by atoms with Crippen LogP contribution in [0.2, 0.25) is 0 Å². The standard InChI is InChI=1S/C11H15F2N3O2/c1-14-10-8(3-2-4-15-10)11(17)16-5-6-18-7-9(12)13/h2-4,9H,5-7H2,1H3,(H,14,15)(H,16,17). The minimum Gasteiger partial charge on any atom is -0.374 e. The second-order valence-corrected chi connectivity index (χ2v) is 3.37. The third-order valence-electron chi connectivity index (χ3n) is 2.06. The summed E-state index contributed by atoms with van der Waals surface area (Å²) >= 11 is 0. The Morgan fingerprint density at radius 1 is 1.56 bits per heavy atom. The number of rotatable bonds is 7. The van der Waals surface area contributed by atoms with Crippen molar-refractivity contribution < 1.29 is 18.3 Å². The number of alkyl halides is 2. The van der Waals surface area contributed by atoms with Gasteiger partial charge in [-0.3, -0.25) is 4.79 Å². The molecule has 0 bridgehead atoms. The normalized spacial score (nSPS) is 10.4. The van der Waals surface area contributed by atoms with E-state index in [9.17, 15) is 13.6 Å². The molecule has 1 heterocycles. The lowest BCUT2D eigenvalue weighted by atomic mass is 10.2. The molecule has 18 heavy (non-hydrogen) atoms. The van der Waals surface area contributed by atoms with Crippen LogP contribution in [-0.2, 0) is 4.74 Å². The molecule has 7 heteroatoms. The van der Waals surface area contributed by atoms with Crippen molar-refractivity contribution in [3.63, 3.8) is 0 Å². The smallest absolute Gasteiger partial charge is 0.261 e. The number of halogens is 2. The van der Waals surface area contributed by atoms with E-state index < -0.39 is 13.0 Å². The maximum Gasteiger partial charge on any atom is 0.261 e. The first kappa shape index (κ1) is 14.3. The van der Waals surface area contributed by atoms with Gasteiger partial charge in [0.15, 0.2) is 0 Å². The molecule has 0 atom stereocenters. The van der Waals surface area contributed by atoms with Gasteiger partial charge in [-0.15, -0.1) is 0 Å². The highest BCUT2D eigenvalue weighted by Gasteiger charge is 2.10. The molecule has 1 rings (SSSR count). The third-order valence-corrected chi connectivity index (χ3v) is 2.06. The van der Waals surface area contributed by atoms with Gasteiger partial charge in [0.25, 0.3) is 12.3 Å². The lowest BCUT2D eigenvalue weighted by molar-refractivity contribution is 0.0188. The predicted octanol–water partition coefficient (Wildman–Crippen LogP) is 1.13. The number of hydrogen-bond acceptors (Lipinski definition) is 4. The van der Waals surface area contributed by atoms with E-state index in [1.54, 1.807) is 25.4 Å². The van der Waals surface area contributed by atoms with Crippen LogP contribution in [-0.4, -0.2) is 44.1 Å². The van der Waals surface area contributed by atoms with E-state index in [1.165, 1.54) is 0 Å². The molecule has 0 unspecified atom stereocenters. The fourth-order valence-electron chi connectivity index (χ4n) is 1.29. The molecule has 0 aromatic carbocycles. The number of nitrogens with zero attached hydrogens (tertiary/aromatic N) is 1. The van der Waals surface area contributed by atoms with Crippen LogP contribution in [0.25, 0.3) is 0 Å². The lowest BCUT2D eigenvalue weighted by Gasteiger charge is -2.08. The van der Waals surface area contributed by atoms with Crippen LogP contribution < -0.4 is 10.6 Å². The first-order valence-corrected chi connectivity index (χ1v) is 5.42. The van der Waals surface area contributed by atoms with E-state index in [4.69, 9.17) is 0 Å². The molecular weight excluding hydrogens is 244 g/mol. The average molecular weight is 259 g/mol. The minimum atomic E-state index is -2.49. The SMILES string of the molecule is CNc1ncccc1C(=O)NCCOCC(F)F. The van der Waals surface area contributed by atoms with Crippen molar-refractivity contribution in [3.8, 4) is 0 Å². The summed E-state index contributed by atoms with van der Waals surface area (Å²) in [6.45, 7) is -0.403. The number of aromatic nitrogens is 1. The Bertz CT molecular complexity index is 388. The molecule has 0 aliphatic heterocycles. The number of ether oxygens (including phenoxy) is 1. The Morgan fingerprint density at radius 2 is 2.33 bits per heavy atom. The number of hydrogen-bond donors (Lipinski definition) is 2. The Labute approximate surface area is 104 Å². The zero-order valence-corrected chi connectivity index (χ0v) is 9.95. The largest absolute Gasteiger partial charge is 0.374 e. The van der Waals surface area contributed by atoms with Gasteiger partial charge in [0.05, 0.1) is 12.2 Å². The fraction of sp³-hybridized carbons (Fsp3) is 0.455. The maximum atomic E-state index is 11.8. The topological polar surface area (TPSA) is 63.2 Å². The van der Waals surface area contributed by atoms with Crippen LogP contribution in [0.5, 0.6) is 0 Å². The summed E-state index contributed by atoms with van der Waals surface area (Å²) in [5.41, 5.74) is 0.397. The van der Waals surface area contributed by atoms with Crippen LogP contribution in [0.4, 0.5) is 14.6 Å². The zero-order chi connectivity index (χ0) is 13.4. The number of pyridine rings is 1. The van der Waals surface area contributed by atoms with Gasteiger partial charge in [0, 0.05) is 19.8 Å². The lowest BCUT2D eigenvalue weighted by Crippen LogP contribution is -2.28. The molecule has 0 radical (unpaired) electrons. The van der Waals surface area contributed by atoms with E-state index in [2.05, 4.69) is 20.4 Å². The molecule has 1 aromatic rings. The molecule has 5 nitrogen and oxygen atoms in total. The molecule has 2 N–H and O–H groups in total. The summed E-state index contributed by atoms with van der Waals surface area (Å²) in [5.74, 6) is 0.136. The van der Waals surface area contributed by atoms with Crippen molar-refractivity contribution in [2.75, 3.05) is 32.1 Å². The first-order valence-electron chi connectivity index (χ1n) is 5.42. The van der Waals surface area contributed by atoms with Crippen molar-refractivity contribution in [2.45, 2.75) is 6.43 Å². The Morgan fingerprint density at radius 3 is 3.00 bits per heavy atom. The molecule has 100 valence electrons. The van der Waals surface area contributed by atoms with Gasteiger partial charge in [-0.1, -0.05) is 0 Å². The van der Waals surface area contributed by atoms with Crippen LogP contribution in [0.15, 0.2) is 18.3 Å². The first-order chi connectivity index (χ1) is 8.65. The molecule has 0 saturated heterocycles. The van der Waals surface area contributed by atoms with Gasteiger partial charge in [-0.25, -0.2) is 13.8 Å². The molecule has 0 saturated carbocycles. The molecule has 0 aliphatic rings. The van der Waals surface area contributed by atoms with E-state index in [0.717, 1.165) is 0 Å². The fourth-order valence-corrected chi connectivity index (χ4v) is 1.29. The number of nitrogens with one attached hydrogen (secondary N) is 2. The van der Waals surface area contributed by atoms with Crippen molar-refractivity contribution in [3.05, 3.63) is 23.9 Å². The summed E-state index contributed by atoms with van der Waals surface area (Å²) in [6.07, 6.45) is -0.927. The van der Waals surface area contributed by atoms with Gasteiger partial charge in [0.1, 0.15) is 12.4 Å². The molecular formula is C11H15F2N3O2. The minimum absolute atomic E-state index is 0.0469. The monoisotopic (exact) mass is 259 g/mol. The quantitative estimate of drug-likeness (QED) is 0.721. The number of amides is 1. The summed E-state index contributed by atoms with van der Waals surface area (Å²) < 4.78 is 28.2. The Hall–Kier alpha value is -1.76. The van der Waals surface area contributed by atoms with Gasteiger partial charge >= 0.3 is 0 Å². The van der Waals surface area contributed by atoms with E-state index in [0.29, 0.717) is 11.4 Å². The molecule has 0 spiro atoms. The van der Waals surface area contributed by atoms with E-state index >= 15 is 0 Å². The maximum absolute atomic E-state index is 11.8. The Kier molecular flexibility index (Phi) is 5.99. The van der Waals surface area contributed by atoms with Crippen molar-refractivity contribution >= 4 is 11.7 Å². The second-order valence-electron chi connectivity index (χ2n) is 3.37. The number of carbonyl (C=O) groups excluding carboxylic acids is 1. The third kappa shape index (κ3) is 4.62. The van der Waals surface area contributed by atoms with Crippen LogP contribution >= 0.6 is 0 Å². The number of anilines is 1. The highest BCUT2D eigenvalue weighted by Crippen LogP contribution is 2.09. The summed E-state index contributed by atoms with van der Waals surface area (Å²) in [4.78, 5) is 15.7. The zero-order valence-electron chi connectivity index (χ0n) is 9.95. The summed E-state index contributed by atoms with van der Waals surface area (Å²) in [5, 5.41) is 5.35. The second kappa shape index (κ2) is 7.54. The number of carbonyl (C=O) groups is 1.